The van der Waals surface area contributed by atoms with Crippen molar-refractivity contribution in [3.8, 4) is 0 Å². The zero-order chi connectivity index (χ0) is 32.6. The molecule has 1 aromatic carbocycles. The highest BCUT2D eigenvalue weighted by Crippen LogP contribution is 2.43. The molecule has 1 aliphatic rings. The average molecular weight is 616 g/mol. The zero-order valence-corrected chi connectivity index (χ0v) is 26.8. The van der Waals surface area contributed by atoms with Crippen LogP contribution in [0.1, 0.15) is 63.7 Å². The van der Waals surface area contributed by atoms with Crippen LogP contribution >= 0.6 is 0 Å². The molecule has 45 heavy (non-hydrogen) atoms. The number of rotatable bonds is 12. The summed E-state index contributed by atoms with van der Waals surface area (Å²) < 4.78 is 19.9. The number of aromatic amines is 1. The van der Waals surface area contributed by atoms with Crippen LogP contribution in [-0.4, -0.2) is 62.6 Å². The monoisotopic (exact) mass is 615 g/mol. The largest absolute Gasteiger partial charge is 0.451 e. The Morgan fingerprint density at radius 3 is 2.64 bits per heavy atom. The van der Waals surface area contributed by atoms with Gasteiger partial charge in [0.05, 0.1) is 42.7 Å². The molecule has 0 saturated carbocycles. The van der Waals surface area contributed by atoms with Crippen molar-refractivity contribution in [1.29, 1.82) is 0 Å². The van der Waals surface area contributed by atoms with Crippen LogP contribution in [0.5, 0.6) is 0 Å². The SMILES string of the molecule is C=C/C(=C\N=C(C)c1cnc([C@H]2CC(CC)=C(Nc3ccccc3)C(/C(C)=N/N(CC)C(=O)OC)(c3cnn(C)c3)N2)[nH]1)CF. The van der Waals surface area contributed by atoms with Gasteiger partial charge in [-0.25, -0.2) is 14.2 Å². The minimum atomic E-state index is -1.04. The molecule has 0 aliphatic carbocycles. The van der Waals surface area contributed by atoms with Crippen molar-refractivity contribution >= 4 is 23.2 Å². The Morgan fingerprint density at radius 2 is 2.04 bits per heavy atom. The average Bonchev–Trinajstić information content (AvgIpc) is 3.74. The van der Waals surface area contributed by atoms with Gasteiger partial charge in [-0.1, -0.05) is 37.8 Å². The highest BCUT2D eigenvalue weighted by Gasteiger charge is 2.48. The van der Waals surface area contributed by atoms with Crippen LogP contribution < -0.4 is 10.6 Å². The van der Waals surface area contributed by atoms with Crippen LogP contribution in [0.25, 0.3) is 0 Å². The van der Waals surface area contributed by atoms with Crippen LogP contribution in [0.15, 0.2) is 94.7 Å². The number of anilines is 1. The van der Waals surface area contributed by atoms with Crippen LogP contribution in [0.4, 0.5) is 14.9 Å². The topological polar surface area (TPSA) is 125 Å². The maximum Gasteiger partial charge on any atom is 0.430 e. The number of nitrogens with zero attached hydrogens (tertiary/aromatic N) is 6. The summed E-state index contributed by atoms with van der Waals surface area (Å²) in [7, 11) is 3.20. The number of methoxy groups -OCH3 is 1. The second-order valence-electron chi connectivity index (χ2n) is 10.7. The minimum Gasteiger partial charge on any atom is -0.451 e. The molecule has 2 atom stereocenters. The van der Waals surface area contributed by atoms with Crippen molar-refractivity contribution < 1.29 is 13.9 Å². The van der Waals surface area contributed by atoms with Gasteiger partial charge in [0, 0.05) is 48.5 Å². The van der Waals surface area contributed by atoms with Crippen molar-refractivity contribution in [3.05, 3.63) is 102 Å². The first kappa shape index (κ1) is 33.1. The molecule has 0 spiro atoms. The molecule has 11 nitrogen and oxygen atoms in total. The van der Waals surface area contributed by atoms with Crippen molar-refractivity contribution in [3.63, 3.8) is 0 Å². The lowest BCUT2D eigenvalue weighted by atomic mass is 9.76. The van der Waals surface area contributed by atoms with Gasteiger partial charge in [-0.3, -0.25) is 15.0 Å². The predicted octanol–water partition coefficient (Wildman–Crippen LogP) is 6.16. The maximum atomic E-state index is 13.2. The lowest BCUT2D eigenvalue weighted by molar-refractivity contribution is 0.127. The number of aliphatic imine (C=N–C) groups is 1. The number of carbonyl (C=O) groups excluding carboxylic acids is 1. The molecule has 0 radical (unpaired) electrons. The lowest BCUT2D eigenvalue weighted by Crippen LogP contribution is -2.56. The number of H-pyrrole nitrogens is 1. The third-order valence-corrected chi connectivity index (χ3v) is 7.83. The third-order valence-electron chi connectivity index (χ3n) is 7.83. The number of para-hydroxylation sites is 1. The van der Waals surface area contributed by atoms with Gasteiger partial charge in [-0.05, 0) is 51.3 Å². The molecule has 0 fully saturated rings. The molecule has 3 heterocycles. The number of benzene rings is 1. The van der Waals surface area contributed by atoms with E-state index in [4.69, 9.17) is 14.8 Å². The fourth-order valence-electron chi connectivity index (χ4n) is 5.36. The van der Waals surface area contributed by atoms with E-state index in [1.165, 1.54) is 24.4 Å². The van der Waals surface area contributed by atoms with E-state index in [1.807, 2.05) is 70.5 Å². The van der Waals surface area contributed by atoms with Gasteiger partial charge in [-0.2, -0.15) is 15.2 Å². The molecule has 238 valence electrons. The summed E-state index contributed by atoms with van der Waals surface area (Å²) in [6.07, 6.45) is 9.21. The summed E-state index contributed by atoms with van der Waals surface area (Å²) in [4.78, 5) is 25.2. The van der Waals surface area contributed by atoms with E-state index in [1.54, 1.807) is 10.9 Å². The van der Waals surface area contributed by atoms with Crippen molar-refractivity contribution in [2.75, 3.05) is 25.6 Å². The summed E-state index contributed by atoms with van der Waals surface area (Å²) in [6, 6.07) is 9.66. The molecule has 1 unspecified atom stereocenters. The molecule has 4 rings (SSSR count). The number of ether oxygens (including phenoxy) is 1. The number of carbonyl (C=O) groups is 1. The molecule has 0 saturated heterocycles. The summed E-state index contributed by atoms with van der Waals surface area (Å²) in [5, 5.41) is 18.2. The molecule has 12 heteroatoms. The van der Waals surface area contributed by atoms with Gasteiger partial charge in [0.15, 0.2) is 0 Å². The van der Waals surface area contributed by atoms with Crippen LogP contribution in [-0.2, 0) is 17.3 Å². The van der Waals surface area contributed by atoms with Gasteiger partial charge >= 0.3 is 6.09 Å². The number of aryl methyl sites for hydroxylation is 1. The number of hydrogen-bond acceptors (Lipinski definition) is 8. The fraction of sp³-hybridized carbons (Fsp3) is 0.364. The fourth-order valence-corrected chi connectivity index (χ4v) is 5.36. The number of amides is 1. The predicted molar refractivity (Wildman–Crippen MR) is 176 cm³/mol. The Hall–Kier alpha value is -4.84. The van der Waals surface area contributed by atoms with E-state index in [9.17, 15) is 9.18 Å². The second-order valence-corrected chi connectivity index (χ2v) is 10.7. The summed E-state index contributed by atoms with van der Waals surface area (Å²) in [5.74, 6) is 0.698. The standard InChI is InChI=1S/C33H42FN9O2/c1-8-24(17-34)18-35-22(4)29-20-36-31(39-29)28-16-25(9-2)30(38-27-14-12-11-13-15-27)33(40-28,26-19-37-42(6)21-26)23(5)41-43(10-3)32(44)45-7/h8,11-15,18-21,28,38,40H,1,9-10,16-17H2,2-7H3,(H,36,39)/b24-18+,35-22?,41-23+/t28-,33?/m1/s1. The Kier molecular flexibility index (Phi) is 10.8. The first-order valence-electron chi connectivity index (χ1n) is 14.9. The van der Waals surface area contributed by atoms with E-state index >= 15 is 0 Å². The van der Waals surface area contributed by atoms with E-state index in [0.29, 0.717) is 41.5 Å². The first-order chi connectivity index (χ1) is 21.7. The van der Waals surface area contributed by atoms with Gasteiger partial charge < -0.3 is 15.0 Å². The zero-order valence-electron chi connectivity index (χ0n) is 26.8. The number of allylic oxidation sites excluding steroid dienone is 2. The number of hydrazone groups is 1. The number of imidazole rings is 1. The Bertz CT molecular complexity index is 1620. The summed E-state index contributed by atoms with van der Waals surface area (Å²) in [5.41, 5.74) is 5.11. The molecular formula is C33H42FN9O2. The van der Waals surface area contributed by atoms with E-state index in [0.717, 1.165) is 28.9 Å². The van der Waals surface area contributed by atoms with E-state index < -0.39 is 18.3 Å². The van der Waals surface area contributed by atoms with Crippen molar-refractivity contribution in [2.24, 2.45) is 17.1 Å². The van der Waals surface area contributed by atoms with Crippen LogP contribution in [0, 0.1) is 0 Å². The number of alkyl halides is 1. The second kappa shape index (κ2) is 14.8. The van der Waals surface area contributed by atoms with Crippen molar-refractivity contribution in [1.82, 2.24) is 30.1 Å². The maximum absolute atomic E-state index is 13.2. The minimum absolute atomic E-state index is 0.286. The summed E-state index contributed by atoms with van der Waals surface area (Å²) in [6.45, 7) is 11.0. The van der Waals surface area contributed by atoms with Crippen molar-refractivity contribution in [2.45, 2.75) is 52.1 Å². The number of halogens is 1. The Balaban J connectivity index is 1.91. The number of nitrogens with one attached hydrogen (secondary N) is 3. The summed E-state index contributed by atoms with van der Waals surface area (Å²) >= 11 is 0. The van der Waals surface area contributed by atoms with Gasteiger partial charge in [0.2, 0.25) is 0 Å². The smallest absolute Gasteiger partial charge is 0.430 e. The van der Waals surface area contributed by atoms with Gasteiger partial charge in [0.1, 0.15) is 18.0 Å². The highest BCUT2D eigenvalue weighted by molar-refractivity contribution is 5.98. The Labute approximate surface area is 263 Å². The van der Waals surface area contributed by atoms with Crippen LogP contribution in [0.2, 0.25) is 0 Å². The molecule has 3 N–H and O–H groups in total. The lowest BCUT2D eigenvalue weighted by Gasteiger charge is -2.45. The number of aromatic nitrogens is 4. The quantitative estimate of drug-likeness (QED) is 0.127. The normalized spacial score (nSPS) is 19.4. The molecule has 0 bridgehead atoms. The first-order valence-corrected chi connectivity index (χ1v) is 14.9. The molecule has 3 aromatic rings. The van der Waals surface area contributed by atoms with Gasteiger partial charge in [0.25, 0.3) is 0 Å². The molecule has 1 amide bonds. The molecule has 2 aromatic heterocycles. The molecule has 1 aliphatic heterocycles. The number of hydrogen-bond donors (Lipinski definition) is 3. The van der Waals surface area contributed by atoms with E-state index in [-0.39, 0.29) is 6.04 Å². The Morgan fingerprint density at radius 1 is 1.29 bits per heavy atom. The third kappa shape index (κ3) is 7.12. The van der Waals surface area contributed by atoms with E-state index in [2.05, 4.69) is 39.2 Å². The highest BCUT2D eigenvalue weighted by atomic mass is 19.1. The van der Waals surface area contributed by atoms with Crippen LogP contribution in [0.3, 0.4) is 0 Å². The van der Waals surface area contributed by atoms with Gasteiger partial charge in [-0.15, -0.1) is 0 Å². The molecular weight excluding hydrogens is 573 g/mol.